The highest BCUT2D eigenvalue weighted by Crippen LogP contribution is 2.44. The van der Waals surface area contributed by atoms with E-state index in [0.29, 0.717) is 13.0 Å². The van der Waals surface area contributed by atoms with Gasteiger partial charge in [0.2, 0.25) is 5.91 Å². The average Bonchev–Trinajstić information content (AvgIpc) is 2.36. The first kappa shape index (κ1) is 11.1. The lowest BCUT2D eigenvalue weighted by Crippen LogP contribution is -2.60. The second-order valence-corrected chi connectivity index (χ2v) is 4.72. The molecule has 1 unspecified atom stereocenters. The molecule has 1 saturated heterocycles. The summed E-state index contributed by atoms with van der Waals surface area (Å²) < 4.78 is 5.60. The summed E-state index contributed by atoms with van der Waals surface area (Å²) >= 11 is 0. The van der Waals surface area contributed by atoms with Gasteiger partial charge in [0.25, 0.3) is 0 Å². The maximum atomic E-state index is 11.8. The van der Waals surface area contributed by atoms with Crippen LogP contribution >= 0.6 is 0 Å². The van der Waals surface area contributed by atoms with Crippen LogP contribution in [0.3, 0.4) is 0 Å². The number of para-hydroxylation sites is 1. The van der Waals surface area contributed by atoms with Crippen LogP contribution in [-0.2, 0) is 10.3 Å². The molecular formula is C13H14N2O3. The molecule has 5 heteroatoms. The molecule has 18 heavy (non-hydrogen) atoms. The maximum Gasteiger partial charge on any atom is 0.324 e. The van der Waals surface area contributed by atoms with Crippen LogP contribution in [0.15, 0.2) is 24.3 Å². The Balaban J connectivity index is 2.15. The van der Waals surface area contributed by atoms with Crippen LogP contribution in [0, 0.1) is 0 Å². The predicted octanol–water partition coefficient (Wildman–Crippen LogP) is 1.24. The van der Waals surface area contributed by atoms with Crippen molar-refractivity contribution in [2.75, 3.05) is 13.7 Å². The second-order valence-electron chi connectivity index (χ2n) is 4.72. The van der Waals surface area contributed by atoms with Crippen molar-refractivity contribution in [1.82, 2.24) is 10.2 Å². The molecule has 3 rings (SSSR count). The standard InChI is InChI=1S/C13H14N2O3/c1-15-12(17)14-11(16)8-13(15)6-7-18-10-5-3-2-4-9(10)13/h2-5H,6-8H2,1H3,(H,14,16,17). The van der Waals surface area contributed by atoms with Crippen molar-refractivity contribution < 1.29 is 14.3 Å². The number of imide groups is 1. The lowest BCUT2D eigenvalue weighted by molar-refractivity contribution is -0.125. The molecule has 94 valence electrons. The normalized spacial score (nSPS) is 26.6. The molecule has 5 nitrogen and oxygen atoms in total. The van der Waals surface area contributed by atoms with Crippen molar-refractivity contribution in [2.45, 2.75) is 18.4 Å². The van der Waals surface area contributed by atoms with Gasteiger partial charge in [-0.15, -0.1) is 0 Å². The molecule has 3 amide bonds. The first-order chi connectivity index (χ1) is 8.63. The highest BCUT2D eigenvalue weighted by atomic mass is 16.5. The second kappa shape index (κ2) is 3.73. The fourth-order valence-electron chi connectivity index (χ4n) is 2.80. The summed E-state index contributed by atoms with van der Waals surface area (Å²) in [7, 11) is 1.73. The van der Waals surface area contributed by atoms with Crippen LogP contribution < -0.4 is 10.1 Å². The minimum Gasteiger partial charge on any atom is -0.493 e. The fourth-order valence-corrected chi connectivity index (χ4v) is 2.80. The van der Waals surface area contributed by atoms with E-state index in [1.54, 1.807) is 11.9 Å². The first-order valence-electron chi connectivity index (χ1n) is 5.93. The van der Waals surface area contributed by atoms with Crippen LogP contribution in [0.25, 0.3) is 0 Å². The van der Waals surface area contributed by atoms with Gasteiger partial charge < -0.3 is 9.64 Å². The molecule has 1 atom stereocenters. The van der Waals surface area contributed by atoms with Crippen molar-refractivity contribution in [3.63, 3.8) is 0 Å². The number of benzene rings is 1. The third kappa shape index (κ3) is 1.40. The summed E-state index contributed by atoms with van der Waals surface area (Å²) in [5, 5.41) is 2.34. The Hall–Kier alpha value is -2.04. The Kier molecular flexibility index (Phi) is 2.29. The topological polar surface area (TPSA) is 58.6 Å². The summed E-state index contributed by atoms with van der Waals surface area (Å²) in [5.74, 6) is 0.535. The van der Waals surface area contributed by atoms with E-state index < -0.39 is 5.54 Å². The van der Waals surface area contributed by atoms with Gasteiger partial charge in [-0.1, -0.05) is 18.2 Å². The van der Waals surface area contributed by atoms with Gasteiger partial charge >= 0.3 is 6.03 Å². The first-order valence-corrected chi connectivity index (χ1v) is 5.93. The number of nitrogens with zero attached hydrogens (tertiary/aromatic N) is 1. The zero-order valence-corrected chi connectivity index (χ0v) is 10.1. The monoisotopic (exact) mass is 246 g/mol. The van der Waals surface area contributed by atoms with Crippen molar-refractivity contribution in [1.29, 1.82) is 0 Å². The number of fused-ring (bicyclic) bond motifs is 2. The number of hydrogen-bond acceptors (Lipinski definition) is 3. The van der Waals surface area contributed by atoms with Gasteiger partial charge in [0.1, 0.15) is 5.75 Å². The zero-order chi connectivity index (χ0) is 12.8. The highest BCUT2D eigenvalue weighted by Gasteiger charge is 2.48. The molecule has 1 fully saturated rings. The number of rotatable bonds is 0. The van der Waals surface area contributed by atoms with Crippen LogP contribution in [0.5, 0.6) is 5.75 Å². The molecule has 2 aliphatic heterocycles. The van der Waals surface area contributed by atoms with Crippen LogP contribution in [0.1, 0.15) is 18.4 Å². The lowest BCUT2D eigenvalue weighted by Gasteiger charge is -2.47. The molecule has 0 radical (unpaired) electrons. The number of amides is 3. The van der Waals surface area contributed by atoms with Gasteiger partial charge in [-0.25, -0.2) is 4.79 Å². The van der Waals surface area contributed by atoms with Gasteiger partial charge in [-0.2, -0.15) is 0 Å². The number of nitrogens with one attached hydrogen (secondary N) is 1. The quantitative estimate of drug-likeness (QED) is 0.749. The van der Waals surface area contributed by atoms with Crippen LogP contribution in [0.2, 0.25) is 0 Å². The summed E-state index contributed by atoms with van der Waals surface area (Å²) in [6, 6.07) is 7.25. The van der Waals surface area contributed by atoms with E-state index in [0.717, 1.165) is 11.3 Å². The fraction of sp³-hybridized carbons (Fsp3) is 0.385. The Bertz CT molecular complexity index is 529. The van der Waals surface area contributed by atoms with Gasteiger partial charge in [0, 0.05) is 19.0 Å². The molecule has 1 spiro atoms. The van der Waals surface area contributed by atoms with E-state index in [1.807, 2.05) is 24.3 Å². The van der Waals surface area contributed by atoms with Gasteiger partial charge in [0.05, 0.1) is 18.6 Å². The number of ether oxygens (including phenoxy) is 1. The molecule has 0 saturated carbocycles. The summed E-state index contributed by atoms with van der Waals surface area (Å²) in [5.41, 5.74) is 0.357. The Morgan fingerprint density at radius 1 is 1.33 bits per heavy atom. The average molecular weight is 246 g/mol. The summed E-state index contributed by atoms with van der Waals surface area (Å²) in [6.07, 6.45) is 0.926. The minimum absolute atomic E-state index is 0.227. The Labute approximate surface area is 105 Å². The number of urea groups is 1. The zero-order valence-electron chi connectivity index (χ0n) is 10.1. The SMILES string of the molecule is CN1C(=O)NC(=O)CC12CCOc1ccccc12. The van der Waals surface area contributed by atoms with Gasteiger partial charge in [-0.3, -0.25) is 10.1 Å². The number of hydrogen-bond donors (Lipinski definition) is 1. The third-order valence-corrected chi connectivity index (χ3v) is 3.81. The molecule has 2 aliphatic rings. The van der Waals surface area contributed by atoms with Crippen molar-refractivity contribution in [2.24, 2.45) is 0 Å². The summed E-state index contributed by atoms with van der Waals surface area (Å²) in [6.45, 7) is 0.516. The van der Waals surface area contributed by atoms with E-state index in [4.69, 9.17) is 4.74 Å². The highest BCUT2D eigenvalue weighted by molar-refractivity contribution is 5.98. The molecule has 0 aliphatic carbocycles. The number of carbonyl (C=O) groups is 2. The van der Waals surface area contributed by atoms with Crippen molar-refractivity contribution >= 4 is 11.9 Å². The Morgan fingerprint density at radius 2 is 2.11 bits per heavy atom. The molecule has 2 heterocycles. The van der Waals surface area contributed by atoms with Crippen molar-refractivity contribution in [3.8, 4) is 5.75 Å². The van der Waals surface area contributed by atoms with Gasteiger partial charge in [0.15, 0.2) is 0 Å². The largest absolute Gasteiger partial charge is 0.493 e. The third-order valence-electron chi connectivity index (χ3n) is 3.81. The van der Waals surface area contributed by atoms with Crippen LogP contribution in [-0.4, -0.2) is 30.5 Å². The smallest absolute Gasteiger partial charge is 0.324 e. The molecule has 1 aromatic rings. The van der Waals surface area contributed by atoms with E-state index in [1.165, 1.54) is 0 Å². The van der Waals surface area contributed by atoms with Crippen LogP contribution in [0.4, 0.5) is 4.79 Å². The van der Waals surface area contributed by atoms with Crippen molar-refractivity contribution in [3.05, 3.63) is 29.8 Å². The Morgan fingerprint density at radius 3 is 2.94 bits per heavy atom. The number of carbonyl (C=O) groups excluding carboxylic acids is 2. The van der Waals surface area contributed by atoms with E-state index >= 15 is 0 Å². The van der Waals surface area contributed by atoms with E-state index in [9.17, 15) is 9.59 Å². The minimum atomic E-state index is -0.561. The molecule has 1 N–H and O–H groups in total. The molecular weight excluding hydrogens is 232 g/mol. The summed E-state index contributed by atoms with van der Waals surface area (Å²) in [4.78, 5) is 25.2. The molecule has 0 bridgehead atoms. The molecule has 0 aromatic heterocycles. The van der Waals surface area contributed by atoms with E-state index in [2.05, 4.69) is 5.32 Å². The van der Waals surface area contributed by atoms with Gasteiger partial charge in [-0.05, 0) is 6.07 Å². The molecule has 1 aromatic carbocycles. The predicted molar refractivity (Wildman–Crippen MR) is 64.2 cm³/mol. The maximum absolute atomic E-state index is 11.8. The lowest BCUT2D eigenvalue weighted by atomic mass is 9.79. The van der Waals surface area contributed by atoms with E-state index in [-0.39, 0.29) is 18.4 Å².